The fraction of sp³-hybridized carbons (Fsp3) is 0. The first-order chi connectivity index (χ1) is 33.3. The lowest BCUT2D eigenvalue weighted by molar-refractivity contribution is 0.669. The lowest BCUT2D eigenvalue weighted by atomic mass is 9.81. The first-order valence-corrected chi connectivity index (χ1v) is 23.2. The minimum atomic E-state index is 0.901. The van der Waals surface area contributed by atoms with Crippen LogP contribution in [0.25, 0.3) is 142 Å². The van der Waals surface area contributed by atoms with Crippen molar-refractivity contribution >= 4 is 86.6 Å². The summed E-state index contributed by atoms with van der Waals surface area (Å²) in [6.45, 7) is 0. The van der Waals surface area contributed by atoms with E-state index in [-0.39, 0.29) is 0 Å². The van der Waals surface area contributed by atoms with E-state index in [1.54, 1.807) is 0 Å². The summed E-state index contributed by atoms with van der Waals surface area (Å²) >= 11 is 0. The molecule has 14 rings (SSSR count). The summed E-state index contributed by atoms with van der Waals surface area (Å²) in [5.74, 6) is 0. The van der Waals surface area contributed by atoms with Crippen molar-refractivity contribution in [3.63, 3.8) is 0 Å². The molecule has 0 aliphatic carbocycles. The number of para-hydroxylation sites is 1. The highest BCUT2D eigenvalue weighted by molar-refractivity contribution is 6.31. The van der Waals surface area contributed by atoms with E-state index in [1.807, 2.05) is 0 Å². The molecule has 14 aromatic rings. The molecule has 1 aromatic heterocycles. The van der Waals surface area contributed by atoms with Crippen molar-refractivity contribution in [2.45, 2.75) is 0 Å². The van der Waals surface area contributed by atoms with Crippen molar-refractivity contribution in [2.75, 3.05) is 0 Å². The minimum Gasteiger partial charge on any atom is -0.456 e. The maximum absolute atomic E-state index is 6.62. The molecule has 0 atom stereocenters. The molecule has 1 heteroatoms. The van der Waals surface area contributed by atoms with Crippen LogP contribution in [0.15, 0.2) is 247 Å². The zero-order valence-corrected chi connectivity index (χ0v) is 36.5. The Labute approximate surface area is 387 Å². The van der Waals surface area contributed by atoms with Crippen LogP contribution < -0.4 is 0 Å². The summed E-state index contributed by atoms with van der Waals surface area (Å²) < 4.78 is 6.62. The van der Waals surface area contributed by atoms with Crippen molar-refractivity contribution in [1.82, 2.24) is 0 Å². The van der Waals surface area contributed by atoms with Gasteiger partial charge >= 0.3 is 0 Å². The van der Waals surface area contributed by atoms with Gasteiger partial charge in [-0.05, 0) is 138 Å². The second-order valence-corrected chi connectivity index (χ2v) is 17.8. The number of hydrogen-bond acceptors (Lipinski definition) is 1. The van der Waals surface area contributed by atoms with E-state index in [2.05, 4.69) is 243 Å². The average Bonchev–Trinajstić information content (AvgIpc) is 3.78. The van der Waals surface area contributed by atoms with Gasteiger partial charge in [-0.25, -0.2) is 0 Å². The number of fused-ring (bicyclic) bond motifs is 12. The molecule has 13 aromatic carbocycles. The van der Waals surface area contributed by atoms with Gasteiger partial charge in [-0.3, -0.25) is 0 Å². The molecule has 0 amide bonds. The van der Waals surface area contributed by atoms with Gasteiger partial charge in [0.05, 0.1) is 0 Å². The minimum absolute atomic E-state index is 0.901. The van der Waals surface area contributed by atoms with Crippen molar-refractivity contribution in [1.29, 1.82) is 0 Å². The Morgan fingerprint density at radius 3 is 1.46 bits per heavy atom. The molecule has 0 saturated carbocycles. The zero-order chi connectivity index (χ0) is 44.0. The highest BCUT2D eigenvalue weighted by atomic mass is 16.3. The van der Waals surface area contributed by atoms with Gasteiger partial charge in [0.25, 0.3) is 0 Å². The maximum atomic E-state index is 6.62. The average molecular weight is 849 g/mol. The topological polar surface area (TPSA) is 13.1 Å². The number of hydrogen-bond donors (Lipinski definition) is 0. The molecular formula is C66H40O. The SMILES string of the molecule is c1ccc(-c2ccc(-c3c4ccccc4c(-c4cccc5cc(-c6ccccc6-c6cc7oc8ccccc8c7c7ccccc67)c6c7ccccc7ccc6c45)c4ccccc34)cc2)cc1. The standard InChI is InChI=1S/C66H40O/c1-2-17-41(18-3-1)42-33-35-44(36-34-42)62-51-26-10-12-28-53(51)65(54-29-13-11-27-52(54)62)56-31-16-20-45-39-59(64-46-21-5-4-19-43(46)37-38-57(64)63(45)56)48-23-7-6-22-47(48)58-40-61-66(50-25-9-8-24-49(50)58)55-30-14-15-32-60(55)67-61/h1-40H. The van der Waals surface area contributed by atoms with Crippen molar-refractivity contribution < 1.29 is 4.42 Å². The number of furan rings is 1. The van der Waals surface area contributed by atoms with Gasteiger partial charge in [0.15, 0.2) is 0 Å². The Morgan fingerprint density at radius 2 is 0.731 bits per heavy atom. The van der Waals surface area contributed by atoms with Crippen LogP contribution in [0.3, 0.4) is 0 Å². The molecule has 0 unspecified atom stereocenters. The third-order valence-electron chi connectivity index (χ3n) is 14.2. The fourth-order valence-electron chi connectivity index (χ4n) is 11.4. The summed E-state index contributed by atoms with van der Waals surface area (Å²) in [6.07, 6.45) is 0. The van der Waals surface area contributed by atoms with Gasteiger partial charge in [-0.15, -0.1) is 0 Å². The monoisotopic (exact) mass is 848 g/mol. The van der Waals surface area contributed by atoms with Gasteiger partial charge in [0.1, 0.15) is 11.2 Å². The lowest BCUT2D eigenvalue weighted by Gasteiger charge is -2.21. The largest absolute Gasteiger partial charge is 0.456 e. The van der Waals surface area contributed by atoms with Crippen LogP contribution in [0.5, 0.6) is 0 Å². The Bertz CT molecular complexity index is 4250. The summed E-state index contributed by atoms with van der Waals surface area (Å²) in [5.41, 5.74) is 13.9. The fourth-order valence-corrected chi connectivity index (χ4v) is 11.4. The molecule has 0 fully saturated rings. The first-order valence-electron chi connectivity index (χ1n) is 23.2. The molecule has 67 heavy (non-hydrogen) atoms. The summed E-state index contributed by atoms with van der Waals surface area (Å²) in [5, 5.41) is 17.1. The second-order valence-electron chi connectivity index (χ2n) is 17.8. The molecule has 0 saturated heterocycles. The first kappa shape index (κ1) is 37.6. The number of rotatable bonds is 5. The predicted octanol–water partition coefficient (Wildman–Crippen LogP) is 18.8. The van der Waals surface area contributed by atoms with E-state index in [0.717, 1.165) is 27.5 Å². The van der Waals surface area contributed by atoms with Crippen molar-refractivity contribution in [3.8, 4) is 55.6 Å². The van der Waals surface area contributed by atoms with Crippen molar-refractivity contribution in [3.05, 3.63) is 243 Å². The molecule has 0 N–H and O–H groups in total. The summed E-state index contributed by atoms with van der Waals surface area (Å²) in [7, 11) is 0. The van der Waals surface area contributed by atoms with Crippen LogP contribution in [0.2, 0.25) is 0 Å². The molecule has 0 bridgehead atoms. The number of benzene rings is 13. The van der Waals surface area contributed by atoms with E-state index in [4.69, 9.17) is 4.42 Å². The Hall–Kier alpha value is -8.78. The molecule has 0 aliphatic rings. The molecule has 0 radical (unpaired) electrons. The molecule has 310 valence electrons. The smallest absolute Gasteiger partial charge is 0.136 e. The highest BCUT2D eigenvalue weighted by Gasteiger charge is 2.23. The van der Waals surface area contributed by atoms with Crippen LogP contribution in [0, 0.1) is 0 Å². The van der Waals surface area contributed by atoms with Gasteiger partial charge in [-0.1, -0.05) is 224 Å². The van der Waals surface area contributed by atoms with E-state index in [1.165, 1.54) is 115 Å². The zero-order valence-electron chi connectivity index (χ0n) is 36.5. The van der Waals surface area contributed by atoms with Crippen LogP contribution in [-0.2, 0) is 0 Å². The highest BCUT2D eigenvalue weighted by Crippen LogP contribution is 2.50. The molecule has 1 heterocycles. The van der Waals surface area contributed by atoms with Gasteiger partial charge in [0.2, 0.25) is 0 Å². The van der Waals surface area contributed by atoms with Gasteiger partial charge in [0, 0.05) is 10.8 Å². The third kappa shape index (κ3) is 5.75. The van der Waals surface area contributed by atoms with Crippen LogP contribution in [0.1, 0.15) is 0 Å². The summed E-state index contributed by atoms with van der Waals surface area (Å²) in [6, 6.07) is 89.2. The van der Waals surface area contributed by atoms with Gasteiger partial charge in [-0.2, -0.15) is 0 Å². The van der Waals surface area contributed by atoms with E-state index < -0.39 is 0 Å². The normalized spacial score (nSPS) is 11.9. The van der Waals surface area contributed by atoms with Crippen LogP contribution in [0.4, 0.5) is 0 Å². The quantitative estimate of drug-likeness (QED) is 0.124. The third-order valence-corrected chi connectivity index (χ3v) is 14.2. The molecular weight excluding hydrogens is 809 g/mol. The Kier molecular flexibility index (Phi) is 8.35. The van der Waals surface area contributed by atoms with Crippen LogP contribution >= 0.6 is 0 Å². The van der Waals surface area contributed by atoms with Gasteiger partial charge < -0.3 is 4.42 Å². The molecule has 0 aliphatic heterocycles. The summed E-state index contributed by atoms with van der Waals surface area (Å²) in [4.78, 5) is 0. The lowest BCUT2D eigenvalue weighted by Crippen LogP contribution is -1.94. The Morgan fingerprint density at radius 1 is 0.209 bits per heavy atom. The van der Waals surface area contributed by atoms with Crippen LogP contribution in [-0.4, -0.2) is 0 Å². The maximum Gasteiger partial charge on any atom is 0.136 e. The second kappa shape index (κ2) is 14.9. The predicted molar refractivity (Wildman–Crippen MR) is 286 cm³/mol. The van der Waals surface area contributed by atoms with Crippen molar-refractivity contribution in [2.24, 2.45) is 0 Å². The van der Waals surface area contributed by atoms with E-state index >= 15 is 0 Å². The molecule has 0 spiro atoms. The Balaban J connectivity index is 1.05. The van der Waals surface area contributed by atoms with E-state index in [9.17, 15) is 0 Å². The van der Waals surface area contributed by atoms with E-state index in [0.29, 0.717) is 0 Å². The molecule has 1 nitrogen and oxygen atoms in total.